The van der Waals surface area contributed by atoms with Crippen LogP contribution in [0.15, 0.2) is 50.8 Å². The standard InChI is InChI=1S/C25H26BrN3O5S/c1-4-29-24(31)21(14-16-12-19(26)22(33-3)20(13-16)32-2)35-25(29)27-18-7-5-6-17(15-18)23(30)28-8-10-34-11-9-28/h5-7,12-15H,4,8-11H2,1-3H3/b21-14+,27-25?. The predicted octanol–water partition coefficient (Wildman–Crippen LogP) is 4.56. The van der Waals surface area contributed by atoms with Gasteiger partial charge in [-0.15, -0.1) is 0 Å². The van der Waals surface area contributed by atoms with E-state index >= 15 is 0 Å². The number of amides is 2. The Kier molecular flexibility index (Phi) is 8.15. The molecule has 2 fully saturated rings. The predicted molar refractivity (Wildman–Crippen MR) is 140 cm³/mol. The lowest BCUT2D eigenvalue weighted by Gasteiger charge is -2.26. The first-order valence-electron chi connectivity index (χ1n) is 11.1. The average Bonchev–Trinajstić information content (AvgIpc) is 3.17. The van der Waals surface area contributed by atoms with Crippen molar-refractivity contribution in [3.8, 4) is 11.5 Å². The molecule has 2 aliphatic rings. The number of methoxy groups -OCH3 is 2. The Hall–Kier alpha value is -2.82. The first kappa shape index (κ1) is 25.3. The lowest BCUT2D eigenvalue weighted by molar-refractivity contribution is -0.122. The van der Waals surface area contributed by atoms with Crippen molar-refractivity contribution in [2.75, 3.05) is 47.1 Å². The number of hydrogen-bond acceptors (Lipinski definition) is 7. The Morgan fingerprint density at radius 1 is 1.20 bits per heavy atom. The van der Waals surface area contributed by atoms with Crippen LogP contribution in [0.5, 0.6) is 11.5 Å². The summed E-state index contributed by atoms with van der Waals surface area (Å²) in [4.78, 5) is 34.6. The maximum Gasteiger partial charge on any atom is 0.266 e. The maximum absolute atomic E-state index is 13.1. The molecule has 2 aromatic carbocycles. The van der Waals surface area contributed by atoms with Crippen molar-refractivity contribution < 1.29 is 23.8 Å². The lowest BCUT2D eigenvalue weighted by atomic mass is 10.1. The highest BCUT2D eigenvalue weighted by atomic mass is 79.9. The number of ether oxygens (including phenoxy) is 3. The molecule has 35 heavy (non-hydrogen) atoms. The monoisotopic (exact) mass is 559 g/mol. The van der Waals surface area contributed by atoms with Crippen LogP contribution in [0, 0.1) is 0 Å². The minimum atomic E-state index is -0.122. The summed E-state index contributed by atoms with van der Waals surface area (Å²) in [5.74, 6) is 0.983. The Morgan fingerprint density at radius 3 is 2.66 bits per heavy atom. The molecule has 0 bridgehead atoms. The number of halogens is 1. The van der Waals surface area contributed by atoms with Gasteiger partial charge in [-0.1, -0.05) is 6.07 Å². The highest BCUT2D eigenvalue weighted by molar-refractivity contribution is 9.10. The highest BCUT2D eigenvalue weighted by Crippen LogP contribution is 2.39. The minimum absolute atomic E-state index is 0.0440. The molecule has 4 rings (SSSR count). The van der Waals surface area contributed by atoms with Crippen LogP contribution in [0.3, 0.4) is 0 Å². The summed E-state index contributed by atoms with van der Waals surface area (Å²) in [5.41, 5.74) is 1.98. The molecule has 0 unspecified atom stereocenters. The second-order valence-corrected chi connectivity index (χ2v) is 9.61. The van der Waals surface area contributed by atoms with Gasteiger partial charge in [0, 0.05) is 25.2 Å². The third-order valence-corrected chi connectivity index (χ3v) is 7.17. The molecule has 0 spiro atoms. The van der Waals surface area contributed by atoms with Crippen molar-refractivity contribution in [3.63, 3.8) is 0 Å². The fraction of sp³-hybridized carbons (Fsp3) is 0.320. The van der Waals surface area contributed by atoms with E-state index in [9.17, 15) is 9.59 Å². The summed E-state index contributed by atoms with van der Waals surface area (Å²) in [7, 11) is 3.14. The van der Waals surface area contributed by atoms with Gasteiger partial charge in [-0.2, -0.15) is 0 Å². The molecule has 2 aliphatic heterocycles. The fourth-order valence-corrected chi connectivity index (χ4v) is 5.49. The summed E-state index contributed by atoms with van der Waals surface area (Å²) >= 11 is 4.80. The molecule has 2 aromatic rings. The number of morpholine rings is 1. The van der Waals surface area contributed by atoms with Crippen molar-refractivity contribution in [2.24, 2.45) is 4.99 Å². The molecule has 184 valence electrons. The molecule has 0 saturated carbocycles. The number of aliphatic imine (C=N–C) groups is 1. The quantitative estimate of drug-likeness (QED) is 0.482. The van der Waals surface area contributed by atoms with Gasteiger partial charge in [-0.3, -0.25) is 14.5 Å². The maximum atomic E-state index is 13.1. The Bertz CT molecular complexity index is 1190. The largest absolute Gasteiger partial charge is 0.493 e. The molecular weight excluding hydrogens is 534 g/mol. The summed E-state index contributed by atoms with van der Waals surface area (Å²) in [6, 6.07) is 10.9. The third-order valence-electron chi connectivity index (χ3n) is 5.57. The number of nitrogens with zero attached hydrogens (tertiary/aromatic N) is 3. The number of benzene rings is 2. The highest BCUT2D eigenvalue weighted by Gasteiger charge is 2.32. The second kappa shape index (κ2) is 11.3. The number of carbonyl (C=O) groups is 2. The first-order valence-corrected chi connectivity index (χ1v) is 12.7. The second-order valence-electron chi connectivity index (χ2n) is 7.75. The van der Waals surface area contributed by atoms with Gasteiger partial charge in [-0.05, 0) is 76.6 Å². The number of hydrogen-bond donors (Lipinski definition) is 0. The number of rotatable bonds is 6. The molecule has 2 heterocycles. The van der Waals surface area contributed by atoms with Crippen molar-refractivity contribution in [3.05, 3.63) is 56.9 Å². The summed E-state index contributed by atoms with van der Waals surface area (Å²) < 4.78 is 16.9. The van der Waals surface area contributed by atoms with E-state index in [2.05, 4.69) is 15.9 Å². The van der Waals surface area contributed by atoms with Crippen molar-refractivity contribution >= 4 is 56.4 Å². The molecule has 2 saturated heterocycles. The topological polar surface area (TPSA) is 80.7 Å². The van der Waals surface area contributed by atoms with E-state index in [1.807, 2.05) is 37.3 Å². The fourth-order valence-electron chi connectivity index (χ4n) is 3.81. The molecule has 10 heteroatoms. The first-order chi connectivity index (χ1) is 16.9. The number of thioether (sulfide) groups is 1. The zero-order valence-electron chi connectivity index (χ0n) is 19.7. The van der Waals surface area contributed by atoms with E-state index < -0.39 is 0 Å². The van der Waals surface area contributed by atoms with Crippen molar-refractivity contribution in [1.82, 2.24) is 9.80 Å². The molecule has 0 radical (unpaired) electrons. The van der Waals surface area contributed by atoms with Gasteiger partial charge >= 0.3 is 0 Å². The van der Waals surface area contributed by atoms with Gasteiger partial charge in [-0.25, -0.2) is 4.99 Å². The zero-order chi connectivity index (χ0) is 24.9. The molecule has 0 aromatic heterocycles. The molecule has 0 N–H and O–H groups in total. The van der Waals surface area contributed by atoms with Crippen LogP contribution in [0.4, 0.5) is 5.69 Å². The van der Waals surface area contributed by atoms with Crippen molar-refractivity contribution in [1.29, 1.82) is 0 Å². The van der Waals surface area contributed by atoms with Crippen LogP contribution in [0.2, 0.25) is 0 Å². The average molecular weight is 560 g/mol. The molecule has 0 aliphatic carbocycles. The zero-order valence-corrected chi connectivity index (χ0v) is 22.1. The van der Waals surface area contributed by atoms with Crippen LogP contribution in [0.1, 0.15) is 22.8 Å². The smallest absolute Gasteiger partial charge is 0.266 e. The van der Waals surface area contributed by atoms with Crippen LogP contribution < -0.4 is 9.47 Å². The lowest BCUT2D eigenvalue weighted by Crippen LogP contribution is -2.40. The van der Waals surface area contributed by atoms with Gasteiger partial charge < -0.3 is 19.1 Å². The van der Waals surface area contributed by atoms with Gasteiger partial charge in [0.15, 0.2) is 16.7 Å². The van der Waals surface area contributed by atoms with Crippen LogP contribution in [0.25, 0.3) is 6.08 Å². The third kappa shape index (κ3) is 5.55. The summed E-state index contributed by atoms with van der Waals surface area (Å²) in [6.45, 7) is 4.62. The number of amidine groups is 1. The Labute approximate surface area is 217 Å². The van der Waals surface area contributed by atoms with Gasteiger partial charge in [0.25, 0.3) is 11.8 Å². The van der Waals surface area contributed by atoms with Gasteiger partial charge in [0.1, 0.15) is 0 Å². The minimum Gasteiger partial charge on any atom is -0.493 e. The summed E-state index contributed by atoms with van der Waals surface area (Å²) in [5, 5.41) is 0.569. The van der Waals surface area contributed by atoms with E-state index in [1.165, 1.54) is 11.8 Å². The SMILES string of the molecule is CCN1C(=O)/C(=C\c2cc(Br)c(OC)c(OC)c2)SC1=Nc1cccc(C(=O)N2CCOCC2)c1. The van der Waals surface area contributed by atoms with Crippen LogP contribution in [-0.4, -0.2) is 73.8 Å². The number of carbonyl (C=O) groups excluding carboxylic acids is 2. The molecular formula is C25H26BrN3O5S. The van der Waals surface area contributed by atoms with E-state index in [1.54, 1.807) is 36.2 Å². The van der Waals surface area contributed by atoms with Gasteiger partial charge in [0.05, 0.1) is 42.5 Å². The summed E-state index contributed by atoms with van der Waals surface area (Å²) in [6.07, 6.45) is 1.81. The van der Waals surface area contributed by atoms with Crippen LogP contribution >= 0.6 is 27.7 Å². The Morgan fingerprint density at radius 2 is 1.97 bits per heavy atom. The normalized spacial score (nSPS) is 18.5. The van der Waals surface area contributed by atoms with E-state index in [0.29, 0.717) is 65.7 Å². The van der Waals surface area contributed by atoms with E-state index in [-0.39, 0.29) is 11.8 Å². The van der Waals surface area contributed by atoms with Gasteiger partial charge in [0.2, 0.25) is 0 Å². The van der Waals surface area contributed by atoms with Crippen molar-refractivity contribution in [2.45, 2.75) is 6.92 Å². The molecule has 0 atom stereocenters. The van der Waals surface area contributed by atoms with E-state index in [4.69, 9.17) is 19.2 Å². The van der Waals surface area contributed by atoms with Crippen LogP contribution in [-0.2, 0) is 9.53 Å². The molecule has 8 nitrogen and oxygen atoms in total. The Balaban J connectivity index is 1.61. The molecule has 2 amide bonds. The van der Waals surface area contributed by atoms with E-state index in [0.717, 1.165) is 10.0 Å². The number of likely N-dealkylation sites (N-methyl/N-ethyl adjacent to an activating group) is 1.